The average molecular weight is 357 g/mol. The number of nitrogens with one attached hydrogen (secondary N) is 2. The number of carbonyl (C=O) groups is 1. The molecule has 1 aromatic carbocycles. The van der Waals surface area contributed by atoms with Crippen LogP contribution in [0.2, 0.25) is 0 Å². The first kappa shape index (κ1) is 18.0. The molecule has 1 amide bonds. The van der Waals surface area contributed by atoms with Crippen molar-refractivity contribution >= 4 is 21.8 Å². The molecule has 21 heavy (non-hydrogen) atoms. The second-order valence-electron chi connectivity index (χ2n) is 5.35. The summed E-state index contributed by atoms with van der Waals surface area (Å²) in [5.41, 5.74) is 1.04. The summed E-state index contributed by atoms with van der Waals surface area (Å²) in [6.45, 7) is 8.70. The number of hydrogen-bond donors (Lipinski definition) is 2. The van der Waals surface area contributed by atoms with E-state index >= 15 is 0 Å². The van der Waals surface area contributed by atoms with E-state index in [0.717, 1.165) is 35.3 Å². The standard InChI is InChI=1S/C16H25BrN2O2/c1-4-18-10-13-9-14(17)5-6-15(13)21-11-16(20)19-8-7-12(2)3/h5-6,9,12,18H,4,7-8,10-11H2,1-3H3,(H,19,20). The molecule has 0 atom stereocenters. The SMILES string of the molecule is CCNCc1cc(Br)ccc1OCC(=O)NCCC(C)C. The molecule has 0 radical (unpaired) electrons. The summed E-state index contributed by atoms with van der Waals surface area (Å²) < 4.78 is 6.64. The highest BCUT2D eigenvalue weighted by molar-refractivity contribution is 9.10. The fourth-order valence-electron chi connectivity index (χ4n) is 1.78. The van der Waals surface area contributed by atoms with Gasteiger partial charge in [0.25, 0.3) is 5.91 Å². The van der Waals surface area contributed by atoms with Crippen LogP contribution in [0, 0.1) is 5.92 Å². The van der Waals surface area contributed by atoms with E-state index in [0.29, 0.717) is 12.5 Å². The maximum Gasteiger partial charge on any atom is 0.257 e. The first-order valence-corrected chi connectivity index (χ1v) is 8.20. The van der Waals surface area contributed by atoms with Crippen LogP contribution < -0.4 is 15.4 Å². The van der Waals surface area contributed by atoms with Crippen molar-refractivity contribution < 1.29 is 9.53 Å². The number of benzene rings is 1. The van der Waals surface area contributed by atoms with Gasteiger partial charge in [0.05, 0.1) is 0 Å². The lowest BCUT2D eigenvalue weighted by Crippen LogP contribution is -2.30. The average Bonchev–Trinajstić information content (AvgIpc) is 2.43. The maximum atomic E-state index is 11.7. The molecule has 118 valence electrons. The normalized spacial score (nSPS) is 10.7. The predicted molar refractivity (Wildman–Crippen MR) is 89.5 cm³/mol. The third-order valence-electron chi connectivity index (χ3n) is 2.99. The second-order valence-corrected chi connectivity index (χ2v) is 6.27. The molecule has 5 heteroatoms. The fourth-order valence-corrected chi connectivity index (χ4v) is 2.19. The minimum Gasteiger partial charge on any atom is -0.483 e. The molecule has 0 saturated carbocycles. The van der Waals surface area contributed by atoms with Crippen molar-refractivity contribution in [1.29, 1.82) is 0 Å². The molecule has 0 saturated heterocycles. The summed E-state index contributed by atoms with van der Waals surface area (Å²) in [5.74, 6) is 1.26. The Kier molecular flexibility index (Phi) is 8.38. The van der Waals surface area contributed by atoms with Gasteiger partial charge in [-0.05, 0) is 37.1 Å². The smallest absolute Gasteiger partial charge is 0.257 e. The second kappa shape index (κ2) is 9.79. The molecule has 1 rings (SSSR count). The highest BCUT2D eigenvalue weighted by atomic mass is 79.9. The van der Waals surface area contributed by atoms with Crippen LogP contribution in [0.15, 0.2) is 22.7 Å². The Morgan fingerprint density at radius 3 is 2.81 bits per heavy atom. The molecule has 4 nitrogen and oxygen atoms in total. The minimum atomic E-state index is -0.0760. The molecular formula is C16H25BrN2O2. The molecule has 0 aromatic heterocycles. The highest BCUT2D eigenvalue weighted by Crippen LogP contribution is 2.23. The Balaban J connectivity index is 2.48. The third kappa shape index (κ3) is 7.48. The van der Waals surface area contributed by atoms with Gasteiger partial charge >= 0.3 is 0 Å². The first-order chi connectivity index (χ1) is 10.0. The molecule has 1 aromatic rings. The van der Waals surface area contributed by atoms with Gasteiger partial charge in [-0.3, -0.25) is 4.79 Å². The molecule has 0 aliphatic rings. The molecule has 2 N–H and O–H groups in total. The zero-order valence-corrected chi connectivity index (χ0v) is 14.6. The lowest BCUT2D eigenvalue weighted by molar-refractivity contribution is -0.123. The molecule has 0 aliphatic carbocycles. The number of amides is 1. The van der Waals surface area contributed by atoms with E-state index in [2.05, 4.69) is 47.3 Å². The van der Waals surface area contributed by atoms with Crippen LogP contribution in [0.5, 0.6) is 5.75 Å². The van der Waals surface area contributed by atoms with Crippen molar-refractivity contribution in [1.82, 2.24) is 10.6 Å². The van der Waals surface area contributed by atoms with E-state index in [1.165, 1.54) is 0 Å². The van der Waals surface area contributed by atoms with Crippen LogP contribution in [-0.2, 0) is 11.3 Å². The molecule has 0 aliphatic heterocycles. The van der Waals surface area contributed by atoms with Crippen LogP contribution in [0.1, 0.15) is 32.8 Å². The first-order valence-electron chi connectivity index (χ1n) is 7.41. The molecular weight excluding hydrogens is 332 g/mol. The fraction of sp³-hybridized carbons (Fsp3) is 0.562. The Bertz CT molecular complexity index is 450. The van der Waals surface area contributed by atoms with Crippen LogP contribution in [-0.4, -0.2) is 25.6 Å². The van der Waals surface area contributed by atoms with E-state index in [9.17, 15) is 4.79 Å². The summed E-state index contributed by atoms with van der Waals surface area (Å²) in [4.78, 5) is 11.7. The van der Waals surface area contributed by atoms with Gasteiger partial charge in [0.2, 0.25) is 0 Å². The van der Waals surface area contributed by atoms with Crippen molar-refractivity contribution in [3.63, 3.8) is 0 Å². The minimum absolute atomic E-state index is 0.0544. The molecule has 0 spiro atoms. The highest BCUT2D eigenvalue weighted by Gasteiger charge is 2.07. The van der Waals surface area contributed by atoms with Crippen LogP contribution in [0.25, 0.3) is 0 Å². The van der Waals surface area contributed by atoms with E-state index < -0.39 is 0 Å². The molecule has 0 fully saturated rings. The largest absolute Gasteiger partial charge is 0.483 e. The summed E-state index contributed by atoms with van der Waals surface area (Å²) in [7, 11) is 0. The Morgan fingerprint density at radius 2 is 2.14 bits per heavy atom. The number of rotatable bonds is 9. The van der Waals surface area contributed by atoms with Crippen LogP contribution in [0.4, 0.5) is 0 Å². The third-order valence-corrected chi connectivity index (χ3v) is 3.48. The van der Waals surface area contributed by atoms with Gasteiger partial charge in [0.1, 0.15) is 5.75 Å². The number of hydrogen-bond acceptors (Lipinski definition) is 3. The number of ether oxygens (including phenoxy) is 1. The van der Waals surface area contributed by atoms with E-state index in [4.69, 9.17) is 4.74 Å². The number of halogens is 1. The molecule has 0 unspecified atom stereocenters. The monoisotopic (exact) mass is 356 g/mol. The van der Waals surface area contributed by atoms with Gasteiger partial charge in [-0.25, -0.2) is 0 Å². The van der Waals surface area contributed by atoms with E-state index in [-0.39, 0.29) is 12.5 Å². The van der Waals surface area contributed by atoms with Crippen molar-refractivity contribution in [2.75, 3.05) is 19.7 Å². The summed E-state index contributed by atoms with van der Waals surface area (Å²) in [6.07, 6.45) is 0.982. The van der Waals surface area contributed by atoms with E-state index in [1.807, 2.05) is 18.2 Å². The predicted octanol–water partition coefficient (Wildman–Crippen LogP) is 3.10. The quantitative estimate of drug-likeness (QED) is 0.714. The maximum absolute atomic E-state index is 11.7. The van der Waals surface area contributed by atoms with Crippen molar-refractivity contribution in [3.8, 4) is 5.75 Å². The van der Waals surface area contributed by atoms with Crippen molar-refractivity contribution in [2.24, 2.45) is 5.92 Å². The summed E-state index contributed by atoms with van der Waals surface area (Å²) in [6, 6.07) is 5.81. The van der Waals surface area contributed by atoms with Crippen molar-refractivity contribution in [2.45, 2.75) is 33.7 Å². The zero-order valence-electron chi connectivity index (χ0n) is 13.0. The van der Waals surface area contributed by atoms with Gasteiger partial charge < -0.3 is 15.4 Å². The topological polar surface area (TPSA) is 50.4 Å². The summed E-state index contributed by atoms with van der Waals surface area (Å²) in [5, 5.41) is 6.13. The lowest BCUT2D eigenvalue weighted by Gasteiger charge is -2.13. The zero-order chi connectivity index (χ0) is 15.7. The Labute approximate surface area is 135 Å². The van der Waals surface area contributed by atoms with Gasteiger partial charge in [0.15, 0.2) is 6.61 Å². The van der Waals surface area contributed by atoms with Gasteiger partial charge in [-0.15, -0.1) is 0 Å². The Hall–Kier alpha value is -1.07. The van der Waals surface area contributed by atoms with Gasteiger partial charge in [-0.2, -0.15) is 0 Å². The lowest BCUT2D eigenvalue weighted by atomic mass is 10.1. The van der Waals surface area contributed by atoms with Crippen molar-refractivity contribution in [3.05, 3.63) is 28.2 Å². The molecule has 0 bridgehead atoms. The van der Waals surface area contributed by atoms with Crippen LogP contribution in [0.3, 0.4) is 0 Å². The van der Waals surface area contributed by atoms with E-state index in [1.54, 1.807) is 0 Å². The molecule has 0 heterocycles. The van der Waals surface area contributed by atoms with Gasteiger partial charge in [-0.1, -0.05) is 36.7 Å². The van der Waals surface area contributed by atoms with Gasteiger partial charge in [0, 0.05) is 23.1 Å². The number of carbonyl (C=O) groups excluding carboxylic acids is 1. The Morgan fingerprint density at radius 1 is 1.38 bits per heavy atom. The van der Waals surface area contributed by atoms with Crippen LogP contribution >= 0.6 is 15.9 Å². The summed E-state index contributed by atoms with van der Waals surface area (Å²) >= 11 is 3.45.